The van der Waals surface area contributed by atoms with E-state index in [0.717, 1.165) is 44.9 Å². The summed E-state index contributed by atoms with van der Waals surface area (Å²) in [5, 5.41) is 0. The Bertz CT molecular complexity index is 299. The molecule has 1 aliphatic carbocycles. The van der Waals surface area contributed by atoms with E-state index in [1.54, 1.807) is 0 Å². The van der Waals surface area contributed by atoms with Crippen LogP contribution in [-0.4, -0.2) is 18.4 Å². The van der Waals surface area contributed by atoms with Crippen molar-refractivity contribution in [2.45, 2.75) is 78.1 Å². The van der Waals surface area contributed by atoms with Crippen molar-refractivity contribution in [3.63, 3.8) is 0 Å². The van der Waals surface area contributed by atoms with E-state index >= 15 is 0 Å². The smallest absolute Gasteiger partial charge is 0.305 e. The maximum Gasteiger partial charge on any atom is 0.305 e. The van der Waals surface area contributed by atoms with Crippen molar-refractivity contribution in [3.8, 4) is 0 Å². The number of hydrogen-bond donors (Lipinski definition) is 0. The molecule has 0 amide bonds. The number of ether oxygens (including phenoxy) is 1. The quantitative estimate of drug-likeness (QED) is 0.443. The highest BCUT2D eigenvalue weighted by atomic mass is 16.5. The van der Waals surface area contributed by atoms with Crippen LogP contribution in [0.4, 0.5) is 0 Å². The van der Waals surface area contributed by atoms with Crippen molar-refractivity contribution in [1.82, 2.24) is 0 Å². The molecular weight excluding hydrogens is 252 g/mol. The summed E-state index contributed by atoms with van der Waals surface area (Å²) in [5.74, 6) is 1.39. The first-order valence-corrected chi connectivity index (χ1v) is 8.37. The molecule has 116 valence electrons. The first-order valence-electron chi connectivity index (χ1n) is 8.37. The van der Waals surface area contributed by atoms with E-state index in [-0.39, 0.29) is 5.97 Å². The molecule has 1 fully saturated rings. The number of ketones is 1. The van der Waals surface area contributed by atoms with Crippen LogP contribution >= 0.6 is 0 Å². The van der Waals surface area contributed by atoms with Crippen LogP contribution < -0.4 is 0 Å². The summed E-state index contributed by atoms with van der Waals surface area (Å²) < 4.78 is 4.90. The molecule has 0 aromatic heterocycles. The van der Waals surface area contributed by atoms with Crippen LogP contribution in [-0.2, 0) is 14.3 Å². The number of carbonyl (C=O) groups excluding carboxylic acids is 2. The predicted octanol–water partition coefficient (Wildman–Crippen LogP) is 4.29. The third kappa shape index (κ3) is 6.06. The van der Waals surface area contributed by atoms with Crippen LogP contribution in [0.3, 0.4) is 0 Å². The fraction of sp³-hybridized carbons (Fsp3) is 0.882. The lowest BCUT2D eigenvalue weighted by Crippen LogP contribution is -2.14. The molecule has 0 bridgehead atoms. The van der Waals surface area contributed by atoms with Gasteiger partial charge in [-0.2, -0.15) is 0 Å². The molecule has 0 unspecified atom stereocenters. The Labute approximate surface area is 123 Å². The monoisotopic (exact) mass is 282 g/mol. The number of unbranched alkanes of at least 4 members (excludes halogenated alkanes) is 3. The summed E-state index contributed by atoms with van der Waals surface area (Å²) in [6.07, 6.45) is 10.1. The zero-order valence-corrected chi connectivity index (χ0v) is 13.2. The molecule has 0 aromatic rings. The van der Waals surface area contributed by atoms with Gasteiger partial charge in [-0.05, 0) is 32.1 Å². The van der Waals surface area contributed by atoms with Crippen molar-refractivity contribution in [1.29, 1.82) is 0 Å². The van der Waals surface area contributed by atoms with E-state index in [9.17, 15) is 9.59 Å². The highest BCUT2D eigenvalue weighted by molar-refractivity contribution is 5.83. The molecular formula is C17H30O3. The first-order chi connectivity index (χ1) is 9.69. The Kier molecular flexibility index (Phi) is 8.56. The predicted molar refractivity (Wildman–Crippen MR) is 80.5 cm³/mol. The van der Waals surface area contributed by atoms with Gasteiger partial charge in [-0.1, -0.05) is 39.0 Å². The van der Waals surface area contributed by atoms with E-state index in [2.05, 4.69) is 6.92 Å². The van der Waals surface area contributed by atoms with Crippen LogP contribution in [0.25, 0.3) is 0 Å². The van der Waals surface area contributed by atoms with Crippen molar-refractivity contribution in [3.05, 3.63) is 0 Å². The van der Waals surface area contributed by atoms with E-state index in [0.29, 0.717) is 30.6 Å². The average molecular weight is 282 g/mol. The molecule has 1 saturated carbocycles. The number of esters is 1. The van der Waals surface area contributed by atoms with E-state index in [4.69, 9.17) is 4.74 Å². The summed E-state index contributed by atoms with van der Waals surface area (Å²) in [6, 6.07) is 0. The lowest BCUT2D eigenvalue weighted by atomic mass is 9.87. The third-order valence-electron chi connectivity index (χ3n) is 4.35. The highest BCUT2D eigenvalue weighted by Gasteiger charge is 2.32. The molecule has 0 N–H and O–H groups in total. The van der Waals surface area contributed by atoms with E-state index in [1.165, 1.54) is 12.8 Å². The van der Waals surface area contributed by atoms with Gasteiger partial charge in [0.2, 0.25) is 0 Å². The van der Waals surface area contributed by atoms with Crippen molar-refractivity contribution >= 4 is 11.8 Å². The van der Waals surface area contributed by atoms with Crippen molar-refractivity contribution in [2.24, 2.45) is 11.8 Å². The minimum absolute atomic E-state index is 0.0820. The maximum atomic E-state index is 11.9. The van der Waals surface area contributed by atoms with Crippen molar-refractivity contribution in [2.75, 3.05) is 6.61 Å². The summed E-state index contributed by atoms with van der Waals surface area (Å²) in [4.78, 5) is 23.1. The van der Waals surface area contributed by atoms with Gasteiger partial charge in [0.25, 0.3) is 0 Å². The zero-order chi connectivity index (χ0) is 14.8. The maximum absolute atomic E-state index is 11.9. The Hall–Kier alpha value is -0.860. The second-order valence-corrected chi connectivity index (χ2v) is 5.92. The molecule has 1 rings (SSSR count). The number of carbonyl (C=O) groups is 2. The topological polar surface area (TPSA) is 43.4 Å². The van der Waals surface area contributed by atoms with Gasteiger partial charge in [0.1, 0.15) is 5.78 Å². The highest BCUT2D eigenvalue weighted by Crippen LogP contribution is 2.35. The number of hydrogen-bond acceptors (Lipinski definition) is 3. The van der Waals surface area contributed by atoms with Crippen LogP contribution in [0, 0.1) is 11.8 Å². The summed E-state index contributed by atoms with van der Waals surface area (Å²) in [6.45, 7) is 4.51. The number of rotatable bonds is 10. The fourth-order valence-electron chi connectivity index (χ4n) is 3.31. The minimum atomic E-state index is -0.0820. The summed E-state index contributed by atoms with van der Waals surface area (Å²) >= 11 is 0. The standard InChI is InChI=1S/C17H30O3/c1-3-9-14-12-13-16(18)15(14)10-7-5-6-8-11-17(19)20-4-2/h14-15H,3-13H2,1-2H3/t14-,15-/m1/s1. The molecule has 0 saturated heterocycles. The zero-order valence-electron chi connectivity index (χ0n) is 13.2. The van der Waals surface area contributed by atoms with Crippen molar-refractivity contribution < 1.29 is 14.3 Å². The molecule has 20 heavy (non-hydrogen) atoms. The molecule has 2 atom stereocenters. The second-order valence-electron chi connectivity index (χ2n) is 5.92. The van der Waals surface area contributed by atoms with Gasteiger partial charge in [-0.15, -0.1) is 0 Å². The van der Waals surface area contributed by atoms with Gasteiger partial charge < -0.3 is 4.74 Å². The van der Waals surface area contributed by atoms with Gasteiger partial charge >= 0.3 is 5.97 Å². The normalized spacial score (nSPS) is 22.2. The van der Waals surface area contributed by atoms with Crippen LogP contribution in [0.2, 0.25) is 0 Å². The second kappa shape index (κ2) is 9.95. The number of Topliss-reactive ketones (excluding diaryl/α,β-unsaturated/α-hetero) is 1. The SMILES string of the molecule is CCC[C@@H]1CCC(=O)[C@@H]1CCCCCCC(=O)OCC. The first kappa shape index (κ1) is 17.2. The molecule has 0 spiro atoms. The van der Waals surface area contributed by atoms with Gasteiger partial charge in [0.15, 0.2) is 0 Å². The summed E-state index contributed by atoms with van der Waals surface area (Å²) in [5.41, 5.74) is 0. The lowest BCUT2D eigenvalue weighted by molar-refractivity contribution is -0.143. The van der Waals surface area contributed by atoms with Crippen LogP contribution in [0.5, 0.6) is 0 Å². The van der Waals surface area contributed by atoms with Crippen LogP contribution in [0.1, 0.15) is 78.1 Å². The molecule has 3 heteroatoms. The van der Waals surface area contributed by atoms with Gasteiger partial charge in [-0.25, -0.2) is 0 Å². The third-order valence-corrected chi connectivity index (χ3v) is 4.35. The van der Waals surface area contributed by atoms with Gasteiger partial charge in [-0.3, -0.25) is 9.59 Å². The molecule has 0 radical (unpaired) electrons. The summed E-state index contributed by atoms with van der Waals surface area (Å²) in [7, 11) is 0. The molecule has 1 aliphatic rings. The fourth-order valence-corrected chi connectivity index (χ4v) is 3.31. The largest absolute Gasteiger partial charge is 0.466 e. The van der Waals surface area contributed by atoms with Gasteiger partial charge in [0, 0.05) is 18.8 Å². The van der Waals surface area contributed by atoms with E-state index < -0.39 is 0 Å². The Balaban J connectivity index is 2.08. The molecule has 0 aliphatic heterocycles. The Morgan fingerprint density at radius 3 is 2.60 bits per heavy atom. The lowest BCUT2D eigenvalue weighted by Gasteiger charge is -2.17. The minimum Gasteiger partial charge on any atom is -0.466 e. The van der Waals surface area contributed by atoms with Gasteiger partial charge in [0.05, 0.1) is 6.61 Å². The molecule has 0 heterocycles. The average Bonchev–Trinajstić information content (AvgIpc) is 2.76. The van der Waals surface area contributed by atoms with Crippen LogP contribution in [0.15, 0.2) is 0 Å². The Morgan fingerprint density at radius 1 is 1.15 bits per heavy atom. The molecule has 3 nitrogen and oxygen atoms in total. The molecule has 0 aromatic carbocycles. The van der Waals surface area contributed by atoms with E-state index in [1.807, 2.05) is 6.92 Å². The Morgan fingerprint density at radius 2 is 1.90 bits per heavy atom.